The molecule has 1 aliphatic rings. The zero-order chi connectivity index (χ0) is 15.0. The summed E-state index contributed by atoms with van der Waals surface area (Å²) in [7, 11) is 1.69. The molecule has 1 rings (SSSR count). The lowest BCUT2D eigenvalue weighted by Crippen LogP contribution is -2.43. The van der Waals surface area contributed by atoms with Crippen LogP contribution in [-0.2, 0) is 9.53 Å². The van der Waals surface area contributed by atoms with Gasteiger partial charge in [0.25, 0.3) is 0 Å². The maximum atomic E-state index is 12.6. The summed E-state index contributed by atoms with van der Waals surface area (Å²) in [4.78, 5) is 14.6. The Hall–Kier alpha value is -0.260. The van der Waals surface area contributed by atoms with Gasteiger partial charge in [0, 0.05) is 31.9 Å². The molecule has 1 heterocycles. The summed E-state index contributed by atoms with van der Waals surface area (Å²) in [5, 5.41) is 0. The molecular weight excluding hydrogens is 272 g/mol. The molecule has 0 aromatic rings. The van der Waals surface area contributed by atoms with Gasteiger partial charge in [-0.1, -0.05) is 13.8 Å². The maximum Gasteiger partial charge on any atom is 0.223 e. The molecule has 1 unspecified atom stereocenters. The number of hydrogen-bond acceptors (Lipinski definition) is 4. The predicted octanol–water partition coefficient (Wildman–Crippen LogP) is 1.98. The van der Waals surface area contributed by atoms with E-state index >= 15 is 0 Å². The van der Waals surface area contributed by atoms with Crippen LogP contribution in [0.15, 0.2) is 0 Å². The second-order valence-electron chi connectivity index (χ2n) is 6.03. The van der Waals surface area contributed by atoms with Gasteiger partial charge in [0.2, 0.25) is 5.91 Å². The molecule has 1 aliphatic heterocycles. The van der Waals surface area contributed by atoms with Crippen LogP contribution in [0.1, 0.15) is 33.1 Å². The Kier molecular flexibility index (Phi) is 8.57. The highest BCUT2D eigenvalue weighted by atomic mass is 32.2. The van der Waals surface area contributed by atoms with Crippen molar-refractivity contribution < 1.29 is 9.53 Å². The first kappa shape index (κ1) is 17.8. The van der Waals surface area contributed by atoms with Crippen LogP contribution in [0.3, 0.4) is 0 Å². The van der Waals surface area contributed by atoms with Gasteiger partial charge >= 0.3 is 0 Å². The number of methoxy groups -OCH3 is 1. The van der Waals surface area contributed by atoms with Crippen LogP contribution in [0, 0.1) is 11.8 Å². The first-order valence-corrected chi connectivity index (χ1v) is 8.80. The van der Waals surface area contributed by atoms with Crippen LogP contribution >= 0.6 is 11.8 Å². The number of amides is 1. The van der Waals surface area contributed by atoms with Crippen LogP contribution in [0.25, 0.3) is 0 Å². The molecule has 0 aromatic carbocycles. The van der Waals surface area contributed by atoms with E-state index in [0.717, 1.165) is 24.3 Å². The van der Waals surface area contributed by atoms with Gasteiger partial charge in [-0.05, 0) is 37.0 Å². The minimum Gasteiger partial charge on any atom is -0.383 e. The van der Waals surface area contributed by atoms with Crippen LogP contribution < -0.4 is 5.73 Å². The maximum absolute atomic E-state index is 12.6. The molecule has 118 valence electrons. The molecule has 20 heavy (non-hydrogen) atoms. The van der Waals surface area contributed by atoms with Crippen molar-refractivity contribution in [2.45, 2.75) is 39.2 Å². The van der Waals surface area contributed by atoms with Gasteiger partial charge in [0.05, 0.1) is 6.61 Å². The third-order valence-electron chi connectivity index (χ3n) is 3.80. The predicted molar refractivity (Wildman–Crippen MR) is 85.9 cm³/mol. The van der Waals surface area contributed by atoms with Gasteiger partial charge < -0.3 is 15.4 Å². The van der Waals surface area contributed by atoms with Crippen molar-refractivity contribution >= 4 is 17.7 Å². The average Bonchev–Trinajstić information content (AvgIpc) is 2.91. The first-order chi connectivity index (χ1) is 9.58. The zero-order valence-corrected chi connectivity index (χ0v) is 14.0. The molecule has 0 spiro atoms. The molecule has 0 aromatic heterocycles. The van der Waals surface area contributed by atoms with E-state index in [9.17, 15) is 4.79 Å². The second kappa shape index (κ2) is 9.64. The van der Waals surface area contributed by atoms with E-state index in [2.05, 4.69) is 13.8 Å². The largest absolute Gasteiger partial charge is 0.383 e. The number of rotatable bonds is 9. The number of hydrogen-bond donors (Lipinski definition) is 1. The Labute approximate surface area is 127 Å². The van der Waals surface area contributed by atoms with E-state index in [1.165, 1.54) is 0 Å². The average molecular weight is 302 g/mol. The van der Waals surface area contributed by atoms with Crippen LogP contribution in [0.2, 0.25) is 0 Å². The summed E-state index contributed by atoms with van der Waals surface area (Å²) in [6.45, 7) is 6.29. The van der Waals surface area contributed by atoms with Crippen LogP contribution in [0.5, 0.6) is 0 Å². The zero-order valence-electron chi connectivity index (χ0n) is 13.1. The van der Waals surface area contributed by atoms with E-state index in [0.29, 0.717) is 44.0 Å². The number of nitrogens with zero attached hydrogens (tertiary/aromatic N) is 1. The SMILES string of the molecule is COCCN(C(=O)C[C@@H](CN)CC(C)C)C1CCSC1. The van der Waals surface area contributed by atoms with Crippen molar-refractivity contribution in [1.29, 1.82) is 0 Å². The molecule has 1 saturated heterocycles. The summed E-state index contributed by atoms with van der Waals surface area (Å²) in [5.41, 5.74) is 5.82. The molecule has 2 N–H and O–H groups in total. The standard InChI is InChI=1S/C15H30N2O2S/c1-12(2)8-13(10-16)9-15(18)17(5-6-19-3)14-4-7-20-11-14/h12-14H,4-11,16H2,1-3H3/t13-,14?/m0/s1. The van der Waals surface area contributed by atoms with Crippen molar-refractivity contribution in [3.05, 3.63) is 0 Å². The lowest BCUT2D eigenvalue weighted by Gasteiger charge is -2.30. The highest BCUT2D eigenvalue weighted by molar-refractivity contribution is 7.99. The number of nitrogens with two attached hydrogens (primary N) is 1. The van der Waals surface area contributed by atoms with E-state index in [-0.39, 0.29) is 5.91 Å². The number of carbonyl (C=O) groups is 1. The van der Waals surface area contributed by atoms with Gasteiger partial charge in [-0.15, -0.1) is 0 Å². The Morgan fingerprint density at radius 3 is 2.75 bits per heavy atom. The molecule has 0 aliphatic carbocycles. The van der Waals surface area contributed by atoms with E-state index < -0.39 is 0 Å². The van der Waals surface area contributed by atoms with E-state index in [4.69, 9.17) is 10.5 Å². The highest BCUT2D eigenvalue weighted by Gasteiger charge is 2.28. The van der Waals surface area contributed by atoms with E-state index in [1.54, 1.807) is 7.11 Å². The minimum atomic E-state index is 0.255. The normalized spacial score (nSPS) is 20.4. The fraction of sp³-hybridized carbons (Fsp3) is 0.933. The molecule has 5 heteroatoms. The Bertz CT molecular complexity index is 281. The summed E-state index contributed by atoms with van der Waals surface area (Å²) >= 11 is 1.94. The van der Waals surface area contributed by atoms with Crippen LogP contribution in [-0.4, -0.2) is 55.2 Å². The lowest BCUT2D eigenvalue weighted by atomic mass is 9.93. The number of ether oxygens (including phenoxy) is 1. The van der Waals surface area contributed by atoms with Gasteiger partial charge in [-0.3, -0.25) is 4.79 Å². The lowest BCUT2D eigenvalue weighted by molar-refractivity contribution is -0.134. The molecular formula is C15H30N2O2S. The smallest absolute Gasteiger partial charge is 0.223 e. The molecule has 0 saturated carbocycles. The Morgan fingerprint density at radius 2 is 2.25 bits per heavy atom. The van der Waals surface area contributed by atoms with Gasteiger partial charge in [-0.25, -0.2) is 0 Å². The molecule has 4 nitrogen and oxygen atoms in total. The summed E-state index contributed by atoms with van der Waals surface area (Å²) < 4.78 is 5.15. The van der Waals surface area contributed by atoms with Gasteiger partial charge in [0.1, 0.15) is 0 Å². The van der Waals surface area contributed by atoms with E-state index in [1.807, 2.05) is 16.7 Å². The molecule has 2 atom stereocenters. The number of thioether (sulfide) groups is 1. The van der Waals surface area contributed by atoms with Gasteiger partial charge in [0.15, 0.2) is 0 Å². The number of carbonyl (C=O) groups excluding carboxylic acids is 1. The third kappa shape index (κ3) is 6.02. The minimum absolute atomic E-state index is 0.255. The van der Waals surface area contributed by atoms with Crippen molar-refractivity contribution in [2.24, 2.45) is 17.6 Å². The quantitative estimate of drug-likeness (QED) is 0.707. The fourth-order valence-electron chi connectivity index (χ4n) is 2.76. The van der Waals surface area contributed by atoms with Crippen molar-refractivity contribution in [2.75, 3.05) is 38.3 Å². The Balaban J connectivity index is 2.56. The molecule has 1 fully saturated rings. The highest BCUT2D eigenvalue weighted by Crippen LogP contribution is 2.24. The molecule has 0 bridgehead atoms. The topological polar surface area (TPSA) is 55.6 Å². The summed E-state index contributed by atoms with van der Waals surface area (Å²) in [6, 6.07) is 0.389. The molecule has 0 radical (unpaired) electrons. The monoisotopic (exact) mass is 302 g/mol. The van der Waals surface area contributed by atoms with Crippen molar-refractivity contribution in [3.63, 3.8) is 0 Å². The van der Waals surface area contributed by atoms with Crippen LogP contribution in [0.4, 0.5) is 0 Å². The second-order valence-corrected chi connectivity index (χ2v) is 7.18. The van der Waals surface area contributed by atoms with Gasteiger partial charge in [-0.2, -0.15) is 11.8 Å². The molecule has 1 amide bonds. The third-order valence-corrected chi connectivity index (χ3v) is 4.95. The first-order valence-electron chi connectivity index (χ1n) is 7.64. The summed E-state index contributed by atoms with van der Waals surface area (Å²) in [6.07, 6.45) is 2.72. The fourth-order valence-corrected chi connectivity index (χ4v) is 3.99. The Morgan fingerprint density at radius 1 is 1.50 bits per heavy atom. The van der Waals surface area contributed by atoms with Crippen molar-refractivity contribution in [1.82, 2.24) is 4.90 Å². The summed E-state index contributed by atoms with van der Waals surface area (Å²) in [5.74, 6) is 3.37. The van der Waals surface area contributed by atoms with Crippen molar-refractivity contribution in [3.8, 4) is 0 Å².